The van der Waals surface area contributed by atoms with Gasteiger partial charge in [0.15, 0.2) is 17.2 Å². The van der Waals surface area contributed by atoms with Crippen LogP contribution in [0, 0.1) is 5.82 Å². The first-order valence-corrected chi connectivity index (χ1v) is 9.77. The van der Waals surface area contributed by atoms with Crippen molar-refractivity contribution in [3.05, 3.63) is 65.2 Å². The molecular formula is C22H20FN3O3. The molecule has 29 heavy (non-hydrogen) atoms. The van der Waals surface area contributed by atoms with Gasteiger partial charge >= 0.3 is 0 Å². The van der Waals surface area contributed by atoms with E-state index >= 15 is 0 Å². The van der Waals surface area contributed by atoms with Crippen LogP contribution in [-0.4, -0.2) is 22.5 Å². The number of carbonyl (C=O) groups excluding carboxylic acids is 1. The topological polar surface area (TPSA) is 65.4 Å². The Bertz CT molecular complexity index is 1080. The van der Waals surface area contributed by atoms with Crippen molar-refractivity contribution >= 4 is 11.6 Å². The van der Waals surface area contributed by atoms with Crippen molar-refractivity contribution in [1.29, 1.82) is 0 Å². The minimum Gasteiger partial charge on any atom is -0.454 e. The van der Waals surface area contributed by atoms with Crippen molar-refractivity contribution < 1.29 is 18.7 Å². The first-order valence-electron chi connectivity index (χ1n) is 9.77. The van der Waals surface area contributed by atoms with Gasteiger partial charge in [-0.15, -0.1) is 0 Å². The van der Waals surface area contributed by atoms with Gasteiger partial charge in [0.2, 0.25) is 6.79 Å². The lowest BCUT2D eigenvalue weighted by molar-refractivity contribution is 0.102. The molecule has 0 bridgehead atoms. The molecule has 148 valence electrons. The van der Waals surface area contributed by atoms with E-state index in [-0.39, 0.29) is 18.5 Å². The van der Waals surface area contributed by atoms with Crippen molar-refractivity contribution in [2.24, 2.45) is 0 Å². The molecule has 1 amide bonds. The lowest BCUT2D eigenvalue weighted by Gasteiger charge is -2.07. The van der Waals surface area contributed by atoms with Gasteiger partial charge in [0, 0.05) is 23.0 Å². The van der Waals surface area contributed by atoms with E-state index in [1.807, 2.05) is 0 Å². The molecule has 1 aliphatic heterocycles. The van der Waals surface area contributed by atoms with Crippen LogP contribution in [0.1, 0.15) is 41.0 Å². The average Bonchev–Trinajstić information content (AvgIpc) is 3.25. The molecule has 1 aliphatic carbocycles. The van der Waals surface area contributed by atoms with Gasteiger partial charge in [0.25, 0.3) is 5.91 Å². The molecule has 0 fully saturated rings. The zero-order chi connectivity index (χ0) is 19.8. The lowest BCUT2D eigenvalue weighted by Crippen LogP contribution is -2.15. The Morgan fingerprint density at radius 3 is 2.66 bits per heavy atom. The van der Waals surface area contributed by atoms with Crippen molar-refractivity contribution in [1.82, 2.24) is 9.78 Å². The molecule has 0 saturated carbocycles. The van der Waals surface area contributed by atoms with Gasteiger partial charge in [0.1, 0.15) is 5.82 Å². The van der Waals surface area contributed by atoms with Gasteiger partial charge in [-0.25, -0.2) is 9.07 Å². The quantitative estimate of drug-likeness (QED) is 0.676. The number of nitrogens with one attached hydrogen (secondary N) is 1. The first-order chi connectivity index (χ1) is 14.2. The zero-order valence-electron chi connectivity index (χ0n) is 15.8. The highest BCUT2D eigenvalue weighted by molar-refractivity contribution is 6.04. The smallest absolute Gasteiger partial charge is 0.276 e. The predicted molar refractivity (Wildman–Crippen MR) is 105 cm³/mol. The van der Waals surface area contributed by atoms with E-state index in [1.165, 1.54) is 12.1 Å². The largest absolute Gasteiger partial charge is 0.454 e. The molecule has 6 nitrogen and oxygen atoms in total. The number of ether oxygens (including phenoxy) is 2. The van der Waals surface area contributed by atoms with Crippen molar-refractivity contribution in [3.8, 4) is 17.2 Å². The maximum Gasteiger partial charge on any atom is 0.276 e. The van der Waals surface area contributed by atoms with Crippen LogP contribution in [0.3, 0.4) is 0 Å². The predicted octanol–water partition coefficient (Wildman–Crippen LogP) is 4.26. The molecule has 0 atom stereocenters. The van der Waals surface area contributed by atoms with E-state index in [0.717, 1.165) is 49.0 Å². The standard InChI is InChI=1S/C22H20FN3O3/c23-14-6-9-16(10-7-14)26-18-5-3-1-2-4-17(18)21(25-26)22(27)24-15-8-11-19-20(12-15)29-13-28-19/h6-12H,1-5,13H2,(H,24,27). The Kier molecular flexibility index (Phi) is 4.42. The van der Waals surface area contributed by atoms with E-state index in [4.69, 9.17) is 9.47 Å². The number of anilines is 1. The van der Waals surface area contributed by atoms with Gasteiger partial charge < -0.3 is 14.8 Å². The number of amides is 1. The van der Waals surface area contributed by atoms with Crippen molar-refractivity contribution in [2.75, 3.05) is 12.1 Å². The van der Waals surface area contributed by atoms with Gasteiger partial charge in [0.05, 0.1) is 5.69 Å². The van der Waals surface area contributed by atoms with E-state index in [2.05, 4.69) is 10.4 Å². The van der Waals surface area contributed by atoms with Crippen LogP contribution < -0.4 is 14.8 Å². The molecule has 0 spiro atoms. The molecule has 3 aromatic rings. The molecule has 2 aromatic carbocycles. The fourth-order valence-corrected chi connectivity index (χ4v) is 3.92. The Balaban J connectivity index is 1.50. The summed E-state index contributed by atoms with van der Waals surface area (Å²) in [5.41, 5.74) is 3.81. The highest BCUT2D eigenvalue weighted by Gasteiger charge is 2.25. The summed E-state index contributed by atoms with van der Waals surface area (Å²) in [5, 5.41) is 7.55. The molecule has 1 N–H and O–H groups in total. The number of aromatic nitrogens is 2. The highest BCUT2D eigenvalue weighted by Crippen LogP contribution is 2.34. The van der Waals surface area contributed by atoms with Crippen molar-refractivity contribution in [2.45, 2.75) is 32.1 Å². The van der Waals surface area contributed by atoms with Crippen LogP contribution in [0.5, 0.6) is 11.5 Å². The Labute approximate surface area is 167 Å². The van der Waals surface area contributed by atoms with Crippen molar-refractivity contribution in [3.63, 3.8) is 0 Å². The minimum atomic E-state index is -0.298. The number of hydrogen-bond acceptors (Lipinski definition) is 4. The number of rotatable bonds is 3. The summed E-state index contributed by atoms with van der Waals surface area (Å²) in [6, 6.07) is 11.5. The van der Waals surface area contributed by atoms with Crippen LogP contribution in [0.15, 0.2) is 42.5 Å². The van der Waals surface area contributed by atoms with E-state index in [9.17, 15) is 9.18 Å². The molecular weight excluding hydrogens is 373 g/mol. The average molecular weight is 393 g/mol. The molecule has 2 aliphatic rings. The normalized spacial score (nSPS) is 14.9. The van der Waals surface area contributed by atoms with Crippen LogP contribution in [-0.2, 0) is 12.8 Å². The number of hydrogen-bond donors (Lipinski definition) is 1. The van der Waals surface area contributed by atoms with Crippen LogP contribution in [0.2, 0.25) is 0 Å². The summed E-state index contributed by atoms with van der Waals surface area (Å²) >= 11 is 0. The lowest BCUT2D eigenvalue weighted by atomic mass is 10.1. The van der Waals surface area contributed by atoms with Gasteiger partial charge in [-0.3, -0.25) is 4.79 Å². The fraction of sp³-hybridized carbons (Fsp3) is 0.273. The second-order valence-corrected chi connectivity index (χ2v) is 7.24. The highest BCUT2D eigenvalue weighted by atomic mass is 19.1. The van der Waals surface area contributed by atoms with E-state index in [0.29, 0.717) is 22.9 Å². The molecule has 0 saturated heterocycles. The second-order valence-electron chi connectivity index (χ2n) is 7.24. The zero-order valence-corrected chi connectivity index (χ0v) is 15.8. The summed E-state index contributed by atoms with van der Waals surface area (Å²) in [5.74, 6) is 0.714. The third-order valence-corrected chi connectivity index (χ3v) is 5.35. The van der Waals surface area contributed by atoms with E-state index in [1.54, 1.807) is 35.0 Å². The number of fused-ring (bicyclic) bond motifs is 2. The minimum absolute atomic E-state index is 0.183. The molecule has 2 heterocycles. The third kappa shape index (κ3) is 3.33. The summed E-state index contributed by atoms with van der Waals surface area (Å²) in [6.45, 7) is 0.183. The maximum absolute atomic E-state index is 13.4. The van der Waals surface area contributed by atoms with E-state index < -0.39 is 0 Å². The van der Waals surface area contributed by atoms with Gasteiger partial charge in [-0.05, 0) is 62.1 Å². The first kappa shape index (κ1) is 17.7. The van der Waals surface area contributed by atoms with Gasteiger partial charge in [-0.1, -0.05) is 6.42 Å². The van der Waals surface area contributed by atoms with Crippen LogP contribution in [0.25, 0.3) is 5.69 Å². The fourth-order valence-electron chi connectivity index (χ4n) is 3.92. The monoisotopic (exact) mass is 393 g/mol. The number of nitrogens with zero attached hydrogens (tertiary/aromatic N) is 2. The SMILES string of the molecule is O=C(Nc1ccc2c(c1)OCO2)c1nn(-c2ccc(F)cc2)c2c1CCCCC2. The molecule has 0 unspecified atom stereocenters. The maximum atomic E-state index is 13.4. The van der Waals surface area contributed by atoms with Crippen LogP contribution in [0.4, 0.5) is 10.1 Å². The molecule has 7 heteroatoms. The Morgan fingerprint density at radius 2 is 1.79 bits per heavy atom. The molecule has 5 rings (SSSR count). The Morgan fingerprint density at radius 1 is 1.00 bits per heavy atom. The molecule has 1 aromatic heterocycles. The van der Waals surface area contributed by atoms with Gasteiger partial charge in [-0.2, -0.15) is 5.10 Å². The Hall–Kier alpha value is -3.35. The second kappa shape index (κ2) is 7.24. The number of benzene rings is 2. The number of carbonyl (C=O) groups is 1. The number of halogens is 1. The summed E-state index contributed by atoms with van der Waals surface area (Å²) < 4.78 is 25.8. The summed E-state index contributed by atoms with van der Waals surface area (Å²) in [7, 11) is 0. The summed E-state index contributed by atoms with van der Waals surface area (Å²) in [6.07, 6.45) is 4.83. The molecule has 0 radical (unpaired) electrons. The third-order valence-electron chi connectivity index (χ3n) is 5.35. The summed E-state index contributed by atoms with van der Waals surface area (Å²) in [4.78, 5) is 13.1. The van der Waals surface area contributed by atoms with Crippen LogP contribution >= 0.6 is 0 Å².